The second-order valence-electron chi connectivity index (χ2n) is 6.03. The van der Waals surface area contributed by atoms with Crippen molar-refractivity contribution in [2.45, 2.75) is 26.9 Å². The molecular weight excluding hydrogens is 330 g/mol. The Kier molecular flexibility index (Phi) is 5.51. The topological polar surface area (TPSA) is 33.5 Å². The molecule has 3 aromatic rings. The van der Waals surface area contributed by atoms with Crippen LogP contribution in [-0.2, 0) is 17.9 Å². The number of furan rings is 1. The molecule has 0 aliphatic heterocycles. The maximum absolute atomic E-state index is 12.7. The van der Waals surface area contributed by atoms with Gasteiger partial charge in [0.05, 0.1) is 19.4 Å². The number of benzene rings is 1. The van der Waals surface area contributed by atoms with Crippen molar-refractivity contribution in [1.29, 1.82) is 0 Å². The van der Waals surface area contributed by atoms with Crippen molar-refractivity contribution in [3.8, 4) is 0 Å². The van der Waals surface area contributed by atoms with Crippen LogP contribution in [0, 0.1) is 13.8 Å². The van der Waals surface area contributed by atoms with Crippen molar-refractivity contribution in [3.05, 3.63) is 87.5 Å². The van der Waals surface area contributed by atoms with Crippen LogP contribution in [0.4, 0.5) is 0 Å². The van der Waals surface area contributed by atoms with Gasteiger partial charge in [0.15, 0.2) is 0 Å². The Morgan fingerprint density at radius 2 is 2.00 bits per heavy atom. The van der Waals surface area contributed by atoms with Gasteiger partial charge < -0.3 is 9.32 Å². The third-order valence-electron chi connectivity index (χ3n) is 3.84. The lowest BCUT2D eigenvalue weighted by Crippen LogP contribution is -2.28. The summed E-state index contributed by atoms with van der Waals surface area (Å²) >= 11 is 1.71. The smallest absolute Gasteiger partial charge is 0.247 e. The molecule has 4 heteroatoms. The highest BCUT2D eigenvalue weighted by Gasteiger charge is 2.14. The molecule has 0 saturated heterocycles. The maximum Gasteiger partial charge on any atom is 0.247 e. The van der Waals surface area contributed by atoms with Crippen molar-refractivity contribution in [2.24, 2.45) is 0 Å². The minimum atomic E-state index is -0.0241. The second kappa shape index (κ2) is 7.99. The van der Waals surface area contributed by atoms with E-state index in [1.807, 2.05) is 43.3 Å². The zero-order valence-electron chi connectivity index (χ0n) is 14.4. The van der Waals surface area contributed by atoms with Crippen LogP contribution >= 0.6 is 11.3 Å². The SMILES string of the molecule is Cc1cccc(/C=C/C(=O)N(Cc2ccco2)Cc2ccc(C)s2)c1. The number of rotatable bonds is 6. The van der Waals surface area contributed by atoms with Crippen LogP contribution in [0.1, 0.15) is 26.6 Å². The predicted octanol–water partition coefficient (Wildman–Crippen LogP) is 5.20. The van der Waals surface area contributed by atoms with Gasteiger partial charge in [0.25, 0.3) is 0 Å². The highest BCUT2D eigenvalue weighted by atomic mass is 32.1. The predicted molar refractivity (Wildman–Crippen MR) is 102 cm³/mol. The second-order valence-corrected chi connectivity index (χ2v) is 7.41. The van der Waals surface area contributed by atoms with E-state index in [-0.39, 0.29) is 5.91 Å². The van der Waals surface area contributed by atoms with Crippen molar-refractivity contribution in [2.75, 3.05) is 0 Å². The third-order valence-corrected chi connectivity index (χ3v) is 4.83. The molecule has 25 heavy (non-hydrogen) atoms. The molecule has 0 unspecified atom stereocenters. The van der Waals surface area contributed by atoms with Crippen molar-refractivity contribution in [3.63, 3.8) is 0 Å². The van der Waals surface area contributed by atoms with Gasteiger partial charge in [0.1, 0.15) is 5.76 Å². The maximum atomic E-state index is 12.7. The van der Waals surface area contributed by atoms with Crippen LogP contribution in [0.15, 0.2) is 65.3 Å². The lowest BCUT2D eigenvalue weighted by atomic mass is 10.1. The molecule has 0 saturated carbocycles. The molecule has 1 aromatic carbocycles. The Hall–Kier alpha value is -2.59. The number of thiophene rings is 1. The Morgan fingerprint density at radius 1 is 1.12 bits per heavy atom. The monoisotopic (exact) mass is 351 g/mol. The van der Waals surface area contributed by atoms with Gasteiger partial charge in [0, 0.05) is 15.8 Å². The Balaban J connectivity index is 1.76. The van der Waals surface area contributed by atoms with Crippen molar-refractivity contribution in [1.82, 2.24) is 4.90 Å². The van der Waals surface area contributed by atoms with Gasteiger partial charge in [-0.1, -0.05) is 29.8 Å². The quantitative estimate of drug-likeness (QED) is 0.572. The van der Waals surface area contributed by atoms with Crippen LogP contribution in [-0.4, -0.2) is 10.8 Å². The van der Waals surface area contributed by atoms with Gasteiger partial charge in [-0.25, -0.2) is 0 Å². The molecule has 0 radical (unpaired) electrons. The zero-order chi connectivity index (χ0) is 17.6. The van der Waals surface area contributed by atoms with Gasteiger partial charge in [-0.05, 0) is 49.8 Å². The molecule has 2 heterocycles. The van der Waals surface area contributed by atoms with Gasteiger partial charge >= 0.3 is 0 Å². The summed E-state index contributed by atoms with van der Waals surface area (Å²) in [6, 6.07) is 16.0. The Labute approximate surface area is 152 Å². The average Bonchev–Trinajstić information content (AvgIpc) is 3.24. The fourth-order valence-corrected chi connectivity index (χ4v) is 3.51. The number of nitrogens with zero attached hydrogens (tertiary/aromatic N) is 1. The molecule has 1 amide bonds. The minimum absolute atomic E-state index is 0.0241. The number of amides is 1. The van der Waals surface area contributed by atoms with E-state index >= 15 is 0 Å². The molecular formula is C21H21NO2S. The molecule has 0 bridgehead atoms. The fourth-order valence-electron chi connectivity index (χ4n) is 2.61. The largest absolute Gasteiger partial charge is 0.467 e. The number of hydrogen-bond donors (Lipinski definition) is 0. The van der Waals surface area contributed by atoms with Crippen LogP contribution < -0.4 is 0 Å². The summed E-state index contributed by atoms with van der Waals surface area (Å²) in [5, 5.41) is 0. The molecule has 0 N–H and O–H groups in total. The van der Waals surface area contributed by atoms with Crippen LogP contribution in [0.3, 0.4) is 0 Å². The number of aryl methyl sites for hydroxylation is 2. The zero-order valence-corrected chi connectivity index (χ0v) is 15.3. The van der Waals surface area contributed by atoms with Gasteiger partial charge in [-0.3, -0.25) is 4.79 Å². The summed E-state index contributed by atoms with van der Waals surface area (Å²) in [5.74, 6) is 0.759. The molecule has 0 atom stereocenters. The van der Waals surface area contributed by atoms with Crippen molar-refractivity contribution < 1.29 is 9.21 Å². The summed E-state index contributed by atoms with van der Waals surface area (Å²) in [7, 11) is 0. The Morgan fingerprint density at radius 3 is 2.68 bits per heavy atom. The minimum Gasteiger partial charge on any atom is -0.467 e. The Bertz CT molecular complexity index is 862. The summed E-state index contributed by atoms with van der Waals surface area (Å²) in [5.41, 5.74) is 2.20. The van der Waals surface area contributed by atoms with E-state index in [0.717, 1.165) is 11.3 Å². The van der Waals surface area contributed by atoms with Crippen LogP contribution in [0.2, 0.25) is 0 Å². The molecule has 0 spiro atoms. The summed E-state index contributed by atoms with van der Waals surface area (Å²) < 4.78 is 5.42. The summed E-state index contributed by atoms with van der Waals surface area (Å²) in [6.45, 7) is 5.16. The lowest BCUT2D eigenvalue weighted by Gasteiger charge is -2.19. The average molecular weight is 351 g/mol. The standard InChI is InChI=1S/C21H21NO2S/c1-16-5-3-6-18(13-16)9-11-21(23)22(14-19-7-4-12-24-19)15-20-10-8-17(2)25-20/h3-13H,14-15H2,1-2H3/b11-9+. The highest BCUT2D eigenvalue weighted by molar-refractivity contribution is 7.11. The normalized spacial score (nSPS) is 11.1. The lowest BCUT2D eigenvalue weighted by molar-refractivity contribution is -0.127. The van der Waals surface area contributed by atoms with E-state index in [0.29, 0.717) is 13.1 Å². The summed E-state index contributed by atoms with van der Waals surface area (Å²) in [6.07, 6.45) is 5.14. The van der Waals surface area contributed by atoms with Gasteiger partial charge in [-0.2, -0.15) is 0 Å². The summed E-state index contributed by atoms with van der Waals surface area (Å²) in [4.78, 5) is 17.0. The molecule has 2 aromatic heterocycles. The van der Waals surface area contributed by atoms with E-state index in [2.05, 4.69) is 25.1 Å². The fraction of sp³-hybridized carbons (Fsp3) is 0.190. The highest BCUT2D eigenvalue weighted by Crippen LogP contribution is 2.19. The van der Waals surface area contributed by atoms with Crippen LogP contribution in [0.25, 0.3) is 6.08 Å². The number of carbonyl (C=O) groups is 1. The molecule has 0 fully saturated rings. The van der Waals surface area contributed by atoms with Gasteiger partial charge in [0.2, 0.25) is 5.91 Å². The van der Waals surface area contributed by atoms with E-state index in [1.54, 1.807) is 28.6 Å². The first kappa shape index (κ1) is 17.2. The molecule has 3 rings (SSSR count). The first-order valence-electron chi connectivity index (χ1n) is 8.21. The van der Waals surface area contributed by atoms with E-state index < -0.39 is 0 Å². The van der Waals surface area contributed by atoms with E-state index in [1.165, 1.54) is 15.3 Å². The first-order valence-corrected chi connectivity index (χ1v) is 9.03. The third kappa shape index (κ3) is 4.94. The number of hydrogen-bond acceptors (Lipinski definition) is 3. The number of carbonyl (C=O) groups excluding carboxylic acids is 1. The molecule has 0 aliphatic carbocycles. The van der Waals surface area contributed by atoms with Crippen molar-refractivity contribution >= 4 is 23.3 Å². The van der Waals surface area contributed by atoms with E-state index in [9.17, 15) is 4.79 Å². The van der Waals surface area contributed by atoms with E-state index in [4.69, 9.17) is 4.42 Å². The first-order chi connectivity index (χ1) is 12.1. The van der Waals surface area contributed by atoms with Crippen LogP contribution in [0.5, 0.6) is 0 Å². The molecule has 0 aliphatic rings. The molecule has 3 nitrogen and oxygen atoms in total. The molecule has 128 valence electrons. The van der Waals surface area contributed by atoms with Gasteiger partial charge in [-0.15, -0.1) is 11.3 Å².